The second-order valence-corrected chi connectivity index (χ2v) is 6.36. The van der Waals surface area contributed by atoms with Crippen molar-refractivity contribution in [2.75, 3.05) is 7.11 Å². The van der Waals surface area contributed by atoms with Crippen molar-refractivity contribution in [3.63, 3.8) is 0 Å². The molecule has 2 N–H and O–H groups in total. The molecule has 9 heteroatoms. The van der Waals surface area contributed by atoms with Crippen LogP contribution in [0.5, 0.6) is 11.5 Å². The number of benzene rings is 1. The molecule has 1 aliphatic carbocycles. The number of aromatic carboxylic acids is 1. The van der Waals surface area contributed by atoms with Crippen molar-refractivity contribution in [1.82, 2.24) is 20.3 Å². The van der Waals surface area contributed by atoms with Crippen LogP contribution < -0.4 is 14.8 Å². The molecule has 0 saturated heterocycles. The fourth-order valence-corrected chi connectivity index (χ4v) is 3.04. The van der Waals surface area contributed by atoms with Crippen molar-refractivity contribution in [2.45, 2.75) is 44.9 Å². The zero-order valence-electron chi connectivity index (χ0n) is 15.1. The summed E-state index contributed by atoms with van der Waals surface area (Å²) >= 11 is 0. The predicted molar refractivity (Wildman–Crippen MR) is 94.7 cm³/mol. The topological polar surface area (TPSA) is 116 Å². The maximum atomic E-state index is 12.2. The van der Waals surface area contributed by atoms with Crippen LogP contribution in [0, 0.1) is 0 Å². The molecule has 1 heterocycles. The zero-order chi connectivity index (χ0) is 19.2. The Morgan fingerprint density at radius 1 is 1.33 bits per heavy atom. The Morgan fingerprint density at radius 3 is 2.78 bits per heavy atom. The first kappa shape index (κ1) is 18.7. The summed E-state index contributed by atoms with van der Waals surface area (Å²) in [7, 11) is 1.59. The molecule has 3 rings (SSSR count). The van der Waals surface area contributed by atoms with E-state index < -0.39 is 5.97 Å². The second kappa shape index (κ2) is 8.52. The number of nitrogens with zero attached hydrogens (tertiary/aromatic N) is 3. The molecule has 1 aromatic carbocycles. The van der Waals surface area contributed by atoms with E-state index in [0.29, 0.717) is 11.5 Å². The number of carboxylic acid groups (broad SMARTS) is 1. The fourth-order valence-electron chi connectivity index (χ4n) is 3.04. The van der Waals surface area contributed by atoms with Crippen LogP contribution in [0.1, 0.15) is 41.7 Å². The van der Waals surface area contributed by atoms with E-state index in [0.717, 1.165) is 31.2 Å². The third-order valence-electron chi connectivity index (χ3n) is 4.41. The highest BCUT2D eigenvalue weighted by Crippen LogP contribution is 2.34. The van der Waals surface area contributed by atoms with E-state index in [2.05, 4.69) is 15.6 Å². The highest BCUT2D eigenvalue weighted by Gasteiger charge is 2.21. The van der Waals surface area contributed by atoms with Gasteiger partial charge in [0.25, 0.3) is 0 Å². The van der Waals surface area contributed by atoms with Crippen LogP contribution in [0.4, 0.5) is 0 Å². The Balaban J connectivity index is 1.63. The van der Waals surface area contributed by atoms with Gasteiger partial charge in [0.2, 0.25) is 5.91 Å². The van der Waals surface area contributed by atoms with Crippen molar-refractivity contribution in [2.24, 2.45) is 0 Å². The molecular weight excluding hydrogens is 352 g/mol. The van der Waals surface area contributed by atoms with E-state index in [-0.39, 0.29) is 30.8 Å². The molecule has 2 aromatic rings. The van der Waals surface area contributed by atoms with Gasteiger partial charge in [-0.25, -0.2) is 9.48 Å². The van der Waals surface area contributed by atoms with Gasteiger partial charge in [-0.2, -0.15) is 0 Å². The Morgan fingerprint density at radius 2 is 2.11 bits per heavy atom. The van der Waals surface area contributed by atoms with Crippen LogP contribution in [-0.2, 0) is 17.9 Å². The molecule has 144 valence electrons. The molecule has 0 aliphatic heterocycles. The summed E-state index contributed by atoms with van der Waals surface area (Å²) in [5, 5.41) is 18.7. The van der Waals surface area contributed by atoms with Gasteiger partial charge < -0.3 is 19.9 Å². The van der Waals surface area contributed by atoms with Crippen LogP contribution >= 0.6 is 0 Å². The molecule has 1 aromatic heterocycles. The number of rotatable bonds is 8. The van der Waals surface area contributed by atoms with Crippen molar-refractivity contribution in [3.05, 3.63) is 35.7 Å². The number of hydrogen-bond donors (Lipinski definition) is 2. The maximum Gasteiger partial charge on any atom is 0.358 e. The summed E-state index contributed by atoms with van der Waals surface area (Å²) in [5.74, 6) is -0.213. The van der Waals surface area contributed by atoms with Crippen LogP contribution in [0.2, 0.25) is 0 Å². The van der Waals surface area contributed by atoms with Gasteiger partial charge in [-0.15, -0.1) is 5.10 Å². The predicted octanol–water partition coefficient (Wildman–Crippen LogP) is 1.62. The lowest BCUT2D eigenvalue weighted by Gasteiger charge is -2.19. The number of aromatic nitrogens is 3. The average Bonchev–Trinajstić information content (AvgIpc) is 3.32. The SMILES string of the molecule is COc1cccc(CNC(=O)Cn2cc(C(=O)O)nn2)c1OC1CCCC1. The van der Waals surface area contributed by atoms with Crippen LogP contribution in [-0.4, -0.2) is 45.2 Å². The lowest BCUT2D eigenvalue weighted by molar-refractivity contribution is -0.122. The molecule has 1 aliphatic rings. The number of para-hydroxylation sites is 1. The van der Waals surface area contributed by atoms with Crippen LogP contribution in [0.3, 0.4) is 0 Å². The molecule has 0 bridgehead atoms. The van der Waals surface area contributed by atoms with E-state index in [1.807, 2.05) is 18.2 Å². The third kappa shape index (κ3) is 4.75. The third-order valence-corrected chi connectivity index (χ3v) is 4.41. The summed E-state index contributed by atoms with van der Waals surface area (Å²) < 4.78 is 12.7. The van der Waals surface area contributed by atoms with Gasteiger partial charge in [-0.3, -0.25) is 4.79 Å². The first-order valence-corrected chi connectivity index (χ1v) is 8.79. The highest BCUT2D eigenvalue weighted by atomic mass is 16.5. The minimum atomic E-state index is -1.19. The van der Waals surface area contributed by atoms with E-state index in [1.54, 1.807) is 7.11 Å². The molecular formula is C18H22N4O5. The van der Waals surface area contributed by atoms with Gasteiger partial charge in [-0.1, -0.05) is 17.3 Å². The minimum absolute atomic E-state index is 0.122. The first-order chi connectivity index (χ1) is 13.1. The van der Waals surface area contributed by atoms with Gasteiger partial charge in [0.1, 0.15) is 6.54 Å². The number of ether oxygens (including phenoxy) is 2. The molecule has 27 heavy (non-hydrogen) atoms. The molecule has 1 amide bonds. The van der Waals surface area contributed by atoms with Crippen LogP contribution in [0.25, 0.3) is 0 Å². The van der Waals surface area contributed by atoms with Crippen molar-refractivity contribution in [1.29, 1.82) is 0 Å². The van der Waals surface area contributed by atoms with Crippen molar-refractivity contribution in [3.8, 4) is 11.5 Å². The van der Waals surface area contributed by atoms with Crippen LogP contribution in [0.15, 0.2) is 24.4 Å². The zero-order valence-corrected chi connectivity index (χ0v) is 15.1. The summed E-state index contributed by atoms with van der Waals surface area (Å²) in [6.45, 7) is 0.141. The molecule has 0 atom stereocenters. The summed E-state index contributed by atoms with van der Waals surface area (Å²) in [5.41, 5.74) is 0.613. The average molecular weight is 374 g/mol. The van der Waals surface area contributed by atoms with E-state index in [1.165, 1.54) is 10.9 Å². The Bertz CT molecular complexity index is 814. The van der Waals surface area contributed by atoms with E-state index >= 15 is 0 Å². The van der Waals surface area contributed by atoms with Gasteiger partial charge in [0.15, 0.2) is 17.2 Å². The van der Waals surface area contributed by atoms with Crippen molar-refractivity contribution < 1.29 is 24.2 Å². The van der Waals surface area contributed by atoms with Gasteiger partial charge >= 0.3 is 5.97 Å². The number of methoxy groups -OCH3 is 1. The Labute approximate surface area is 156 Å². The summed E-state index contributed by atoms with van der Waals surface area (Å²) in [4.78, 5) is 23.0. The largest absolute Gasteiger partial charge is 0.493 e. The summed E-state index contributed by atoms with van der Waals surface area (Å²) in [6, 6.07) is 5.56. The van der Waals surface area contributed by atoms with Gasteiger partial charge in [-0.05, 0) is 31.7 Å². The number of carbonyl (C=O) groups is 2. The van der Waals surface area contributed by atoms with E-state index in [4.69, 9.17) is 14.6 Å². The number of carbonyl (C=O) groups excluding carboxylic acids is 1. The molecule has 9 nitrogen and oxygen atoms in total. The molecule has 0 spiro atoms. The standard InChI is InChI=1S/C18H22N4O5/c1-26-15-8-4-5-12(17(15)27-13-6-2-3-7-13)9-19-16(23)11-22-10-14(18(24)25)20-21-22/h4-5,8,10,13H,2-3,6-7,9,11H2,1H3,(H,19,23)(H,24,25). The van der Waals surface area contributed by atoms with Crippen molar-refractivity contribution >= 4 is 11.9 Å². The molecule has 1 fully saturated rings. The monoisotopic (exact) mass is 374 g/mol. The molecule has 0 radical (unpaired) electrons. The van der Waals surface area contributed by atoms with Gasteiger partial charge in [0, 0.05) is 12.1 Å². The summed E-state index contributed by atoms with van der Waals surface area (Å²) in [6.07, 6.45) is 5.72. The smallest absolute Gasteiger partial charge is 0.358 e. The number of hydrogen-bond acceptors (Lipinski definition) is 6. The maximum absolute atomic E-state index is 12.2. The fraction of sp³-hybridized carbons (Fsp3) is 0.444. The van der Waals surface area contributed by atoms with E-state index in [9.17, 15) is 9.59 Å². The Kier molecular flexibility index (Phi) is 5.90. The molecule has 0 unspecified atom stereocenters. The minimum Gasteiger partial charge on any atom is -0.493 e. The number of carboxylic acids is 1. The lowest BCUT2D eigenvalue weighted by atomic mass is 10.1. The lowest BCUT2D eigenvalue weighted by Crippen LogP contribution is -2.27. The number of nitrogens with one attached hydrogen (secondary N) is 1. The normalized spacial score (nSPS) is 14.1. The first-order valence-electron chi connectivity index (χ1n) is 8.79. The second-order valence-electron chi connectivity index (χ2n) is 6.36. The highest BCUT2D eigenvalue weighted by molar-refractivity contribution is 5.84. The number of amides is 1. The quantitative estimate of drug-likeness (QED) is 0.721. The van der Waals surface area contributed by atoms with Gasteiger partial charge in [0.05, 0.1) is 19.4 Å². The Hall–Kier alpha value is -3.10. The molecule has 1 saturated carbocycles.